The van der Waals surface area contributed by atoms with Crippen molar-refractivity contribution in [3.63, 3.8) is 0 Å². The lowest BCUT2D eigenvalue weighted by Crippen LogP contribution is -2.31. The highest BCUT2D eigenvalue weighted by molar-refractivity contribution is 5.48. The molecule has 108 valence electrons. The molecule has 1 unspecified atom stereocenters. The fraction of sp³-hybridized carbons (Fsp3) is 0.500. The molecule has 1 aliphatic heterocycles. The summed E-state index contributed by atoms with van der Waals surface area (Å²) in [6.07, 6.45) is 1.10. The highest BCUT2D eigenvalue weighted by atomic mass is 16.5. The van der Waals surface area contributed by atoms with Crippen LogP contribution in [0.1, 0.15) is 17.5 Å². The van der Waals surface area contributed by atoms with Crippen LogP contribution in [0, 0.1) is 11.8 Å². The van der Waals surface area contributed by atoms with Gasteiger partial charge in [-0.15, -0.1) is 0 Å². The Morgan fingerprint density at radius 3 is 3.00 bits per heavy atom. The van der Waals surface area contributed by atoms with Crippen LogP contribution in [0.25, 0.3) is 0 Å². The van der Waals surface area contributed by atoms with Gasteiger partial charge < -0.3 is 15.2 Å². The summed E-state index contributed by atoms with van der Waals surface area (Å²) in [6.45, 7) is 2.93. The van der Waals surface area contributed by atoms with Crippen LogP contribution in [-0.4, -0.2) is 44.9 Å². The second-order valence-electron chi connectivity index (χ2n) is 4.97. The van der Waals surface area contributed by atoms with Crippen molar-refractivity contribution in [3.8, 4) is 17.6 Å². The van der Waals surface area contributed by atoms with E-state index in [1.54, 1.807) is 7.11 Å². The van der Waals surface area contributed by atoms with Crippen LogP contribution in [-0.2, 0) is 11.3 Å². The zero-order valence-electron chi connectivity index (χ0n) is 12.2. The average molecular weight is 274 g/mol. The Morgan fingerprint density at radius 1 is 1.50 bits per heavy atom. The number of benzene rings is 1. The molecular weight excluding hydrogens is 252 g/mol. The first kappa shape index (κ1) is 14.9. The van der Waals surface area contributed by atoms with Crippen molar-refractivity contribution >= 4 is 0 Å². The van der Waals surface area contributed by atoms with Crippen LogP contribution in [0.15, 0.2) is 18.2 Å². The molecule has 0 amide bonds. The number of methoxy groups -OCH3 is 1. The molecule has 1 saturated heterocycles. The topological polar surface area (TPSA) is 47.7 Å². The molecule has 0 aliphatic carbocycles. The van der Waals surface area contributed by atoms with E-state index in [9.17, 15) is 0 Å². The molecular formula is C16H22N2O2. The quantitative estimate of drug-likeness (QED) is 0.839. The summed E-state index contributed by atoms with van der Waals surface area (Å²) in [4.78, 5) is 2.33. The Balaban J connectivity index is 2.11. The number of nitrogens with two attached hydrogens (primary N) is 1. The average Bonchev–Trinajstić information content (AvgIpc) is 2.99. The van der Waals surface area contributed by atoms with E-state index >= 15 is 0 Å². The normalized spacial score (nSPS) is 17.9. The number of likely N-dealkylation sites (N-methyl/N-ethyl adjacent to an activating group) is 1. The molecule has 0 spiro atoms. The Labute approximate surface area is 120 Å². The van der Waals surface area contributed by atoms with Gasteiger partial charge in [0.15, 0.2) is 0 Å². The molecule has 1 heterocycles. The van der Waals surface area contributed by atoms with Crippen molar-refractivity contribution in [1.29, 1.82) is 0 Å². The molecule has 2 rings (SSSR count). The Morgan fingerprint density at radius 2 is 2.35 bits per heavy atom. The maximum absolute atomic E-state index is 5.43. The smallest absolute Gasteiger partial charge is 0.134 e. The highest BCUT2D eigenvalue weighted by Crippen LogP contribution is 2.21. The van der Waals surface area contributed by atoms with Crippen molar-refractivity contribution in [1.82, 2.24) is 4.90 Å². The van der Waals surface area contributed by atoms with E-state index in [2.05, 4.69) is 35.9 Å². The fourth-order valence-electron chi connectivity index (χ4n) is 2.38. The second-order valence-corrected chi connectivity index (χ2v) is 4.97. The molecule has 1 fully saturated rings. The van der Waals surface area contributed by atoms with E-state index < -0.39 is 0 Å². The zero-order chi connectivity index (χ0) is 14.4. The van der Waals surface area contributed by atoms with E-state index in [1.165, 1.54) is 5.56 Å². The van der Waals surface area contributed by atoms with E-state index in [4.69, 9.17) is 15.2 Å². The van der Waals surface area contributed by atoms with Gasteiger partial charge >= 0.3 is 0 Å². The van der Waals surface area contributed by atoms with Crippen LogP contribution >= 0.6 is 0 Å². The molecule has 1 atom stereocenters. The summed E-state index contributed by atoms with van der Waals surface area (Å²) in [6, 6.07) is 6.64. The molecule has 4 heteroatoms. The summed E-state index contributed by atoms with van der Waals surface area (Å²) >= 11 is 0. The third-order valence-corrected chi connectivity index (χ3v) is 3.55. The van der Waals surface area contributed by atoms with Gasteiger partial charge in [0.25, 0.3) is 0 Å². The van der Waals surface area contributed by atoms with Gasteiger partial charge in [0.1, 0.15) is 5.75 Å². The van der Waals surface area contributed by atoms with Crippen molar-refractivity contribution in [2.45, 2.75) is 19.0 Å². The van der Waals surface area contributed by atoms with Gasteiger partial charge in [-0.3, -0.25) is 4.90 Å². The lowest BCUT2D eigenvalue weighted by molar-refractivity contribution is 0.156. The van der Waals surface area contributed by atoms with Crippen LogP contribution in [0.2, 0.25) is 0 Å². The van der Waals surface area contributed by atoms with Crippen molar-refractivity contribution in [2.75, 3.05) is 33.9 Å². The summed E-state index contributed by atoms with van der Waals surface area (Å²) < 4.78 is 10.8. The number of rotatable bonds is 4. The maximum atomic E-state index is 5.43. The molecule has 0 bridgehead atoms. The van der Waals surface area contributed by atoms with Gasteiger partial charge in [-0.05, 0) is 31.2 Å². The molecule has 0 radical (unpaired) electrons. The number of hydrogen-bond acceptors (Lipinski definition) is 4. The molecule has 20 heavy (non-hydrogen) atoms. The minimum absolute atomic E-state index is 0.354. The van der Waals surface area contributed by atoms with Crippen LogP contribution in [0.4, 0.5) is 0 Å². The van der Waals surface area contributed by atoms with Gasteiger partial charge in [-0.2, -0.15) is 0 Å². The SMILES string of the molecule is COc1ccc(CN(C)C2CCOC2)cc1C#CCN. The minimum Gasteiger partial charge on any atom is -0.495 e. The first-order valence-corrected chi connectivity index (χ1v) is 6.88. The number of hydrogen-bond donors (Lipinski definition) is 1. The molecule has 0 aromatic heterocycles. The fourth-order valence-corrected chi connectivity index (χ4v) is 2.38. The first-order valence-electron chi connectivity index (χ1n) is 6.88. The first-order chi connectivity index (χ1) is 9.74. The lowest BCUT2D eigenvalue weighted by atomic mass is 10.1. The standard InChI is InChI=1S/C16H22N2O2/c1-18(15-7-9-20-12-15)11-13-5-6-16(19-2)14(10-13)4-3-8-17/h5-6,10,15H,7-9,11-12,17H2,1-2H3. The van der Waals surface area contributed by atoms with Crippen molar-refractivity contribution in [3.05, 3.63) is 29.3 Å². The Hall–Kier alpha value is -1.54. The van der Waals surface area contributed by atoms with E-state index in [-0.39, 0.29) is 0 Å². The summed E-state index contributed by atoms with van der Waals surface area (Å²) in [5.41, 5.74) is 7.55. The molecule has 0 saturated carbocycles. The lowest BCUT2D eigenvalue weighted by Gasteiger charge is -2.23. The van der Waals surface area contributed by atoms with Crippen molar-refractivity contribution < 1.29 is 9.47 Å². The van der Waals surface area contributed by atoms with Gasteiger partial charge in [0, 0.05) is 19.2 Å². The van der Waals surface area contributed by atoms with Gasteiger partial charge in [-0.1, -0.05) is 17.9 Å². The maximum Gasteiger partial charge on any atom is 0.134 e. The second kappa shape index (κ2) is 7.30. The molecule has 2 N–H and O–H groups in total. The summed E-state index contributed by atoms with van der Waals surface area (Å²) in [5.74, 6) is 6.74. The third-order valence-electron chi connectivity index (χ3n) is 3.55. The van der Waals surface area contributed by atoms with Crippen LogP contribution in [0.3, 0.4) is 0 Å². The highest BCUT2D eigenvalue weighted by Gasteiger charge is 2.20. The zero-order valence-corrected chi connectivity index (χ0v) is 12.2. The van der Waals surface area contributed by atoms with Gasteiger partial charge in [0.05, 0.1) is 25.8 Å². The number of ether oxygens (including phenoxy) is 2. The van der Waals surface area contributed by atoms with Gasteiger partial charge in [-0.25, -0.2) is 0 Å². The minimum atomic E-state index is 0.354. The predicted octanol–water partition coefficient (Wildman–Crippen LogP) is 1.23. The monoisotopic (exact) mass is 274 g/mol. The van der Waals surface area contributed by atoms with E-state index in [0.29, 0.717) is 12.6 Å². The van der Waals surface area contributed by atoms with Crippen LogP contribution < -0.4 is 10.5 Å². The summed E-state index contributed by atoms with van der Waals surface area (Å²) in [5, 5.41) is 0. The van der Waals surface area contributed by atoms with Gasteiger partial charge in [0.2, 0.25) is 0 Å². The number of nitrogens with zero attached hydrogens (tertiary/aromatic N) is 1. The Kier molecular flexibility index (Phi) is 5.42. The van der Waals surface area contributed by atoms with E-state index in [1.807, 2.05) is 6.07 Å². The molecule has 1 aliphatic rings. The van der Waals surface area contributed by atoms with Crippen LogP contribution in [0.5, 0.6) is 5.75 Å². The molecule has 4 nitrogen and oxygen atoms in total. The van der Waals surface area contributed by atoms with Crippen molar-refractivity contribution in [2.24, 2.45) is 5.73 Å². The Bertz CT molecular complexity index is 499. The predicted molar refractivity (Wildman–Crippen MR) is 79.6 cm³/mol. The largest absolute Gasteiger partial charge is 0.495 e. The third kappa shape index (κ3) is 3.73. The van der Waals surface area contributed by atoms with E-state index in [0.717, 1.165) is 37.5 Å². The molecule has 1 aromatic carbocycles. The molecule has 1 aromatic rings. The summed E-state index contributed by atoms with van der Waals surface area (Å²) in [7, 11) is 3.79.